The lowest BCUT2D eigenvalue weighted by Crippen LogP contribution is -2.35. The van der Waals surface area contributed by atoms with E-state index in [0.29, 0.717) is 5.41 Å². The van der Waals surface area contributed by atoms with Gasteiger partial charge in [0.15, 0.2) is 0 Å². The Hall–Kier alpha value is -3.49. The summed E-state index contributed by atoms with van der Waals surface area (Å²) in [6, 6.07) is 7.05. The highest BCUT2D eigenvalue weighted by Gasteiger charge is 2.44. The van der Waals surface area contributed by atoms with Gasteiger partial charge in [0.25, 0.3) is 5.69 Å². The number of hydrogen-bond acceptors (Lipinski definition) is 7. The van der Waals surface area contributed by atoms with Crippen LogP contribution in [0, 0.1) is 22.5 Å². The van der Waals surface area contributed by atoms with Gasteiger partial charge in [0, 0.05) is 55.8 Å². The fourth-order valence-electron chi connectivity index (χ4n) is 5.32. The van der Waals surface area contributed by atoms with Crippen molar-refractivity contribution in [2.24, 2.45) is 5.41 Å². The second-order valence-corrected chi connectivity index (χ2v) is 9.98. The minimum Gasteiger partial charge on any atom is -0.370 e. The summed E-state index contributed by atoms with van der Waals surface area (Å²) in [7, 11) is 0. The van der Waals surface area contributed by atoms with Crippen LogP contribution in [0.4, 0.5) is 17.3 Å². The molecule has 4 heterocycles. The van der Waals surface area contributed by atoms with Crippen LogP contribution in [-0.4, -0.2) is 50.9 Å². The molecule has 2 aliphatic heterocycles. The number of rotatable bonds is 5. The van der Waals surface area contributed by atoms with Crippen LogP contribution in [0.1, 0.15) is 44.2 Å². The average Bonchev–Trinajstić information content (AvgIpc) is 3.24. The smallest absolute Gasteiger partial charge is 0.271 e. The number of non-ortho nitro benzene ring substituents is 1. The first-order valence-electron chi connectivity index (χ1n) is 12.2. The van der Waals surface area contributed by atoms with Gasteiger partial charge in [-0.25, -0.2) is 14.6 Å². The first kappa shape index (κ1) is 21.1. The molecule has 0 amide bonds. The lowest BCUT2D eigenvalue weighted by Gasteiger charge is -2.34. The number of aromatic nitrogens is 4. The summed E-state index contributed by atoms with van der Waals surface area (Å²) in [5.41, 5.74) is 5.06. The van der Waals surface area contributed by atoms with Crippen molar-refractivity contribution in [3.05, 3.63) is 52.5 Å². The largest absolute Gasteiger partial charge is 0.370 e. The van der Waals surface area contributed by atoms with Crippen LogP contribution < -0.4 is 9.80 Å². The first-order valence-corrected chi connectivity index (χ1v) is 12.2. The van der Waals surface area contributed by atoms with Gasteiger partial charge in [0.1, 0.15) is 0 Å². The third kappa shape index (κ3) is 3.89. The standard InChI is InChI=1S/C25H29N7O2/c1-18-14-21(28-24(27-18)30-10-2-3-11-30)19-16-26-31(17-19)22-5-4-20(32(33)34)15-23(22)29-12-8-25(6-7-25)9-13-29/h4-5,14-17H,2-3,6-13H2,1H3. The maximum atomic E-state index is 11.5. The van der Waals surface area contributed by atoms with E-state index in [2.05, 4.69) is 19.9 Å². The van der Waals surface area contributed by atoms with E-state index in [9.17, 15) is 10.1 Å². The molecule has 2 aromatic heterocycles. The van der Waals surface area contributed by atoms with Gasteiger partial charge in [-0.15, -0.1) is 0 Å². The highest BCUT2D eigenvalue weighted by molar-refractivity contribution is 5.68. The molecule has 2 saturated heterocycles. The van der Waals surface area contributed by atoms with Crippen LogP contribution in [0.3, 0.4) is 0 Å². The lowest BCUT2D eigenvalue weighted by molar-refractivity contribution is -0.384. The molecule has 0 N–H and O–H groups in total. The number of hydrogen-bond donors (Lipinski definition) is 0. The predicted molar refractivity (Wildman–Crippen MR) is 131 cm³/mol. The van der Waals surface area contributed by atoms with Gasteiger partial charge in [0.2, 0.25) is 5.95 Å². The first-order chi connectivity index (χ1) is 16.5. The predicted octanol–water partition coefficient (Wildman–Crippen LogP) is 4.53. The molecular weight excluding hydrogens is 430 g/mol. The minimum atomic E-state index is -0.322. The molecule has 34 heavy (non-hydrogen) atoms. The van der Waals surface area contributed by atoms with Crippen LogP contribution in [0.25, 0.3) is 16.9 Å². The number of piperidine rings is 1. The molecule has 1 aliphatic carbocycles. The fraction of sp³-hybridized carbons (Fsp3) is 0.480. The molecule has 6 rings (SSSR count). The van der Waals surface area contributed by atoms with E-state index in [4.69, 9.17) is 4.98 Å². The van der Waals surface area contributed by atoms with Gasteiger partial charge in [-0.05, 0) is 63.0 Å². The Balaban J connectivity index is 1.34. The van der Waals surface area contributed by atoms with Gasteiger partial charge in [0.05, 0.1) is 28.2 Å². The number of nitro groups is 1. The lowest BCUT2D eigenvalue weighted by atomic mass is 9.93. The van der Waals surface area contributed by atoms with Crippen LogP contribution >= 0.6 is 0 Å². The molecule has 0 unspecified atom stereocenters. The van der Waals surface area contributed by atoms with Crippen molar-refractivity contribution in [2.45, 2.75) is 45.4 Å². The Kier molecular flexibility index (Phi) is 5.00. The second kappa shape index (κ2) is 8.07. The van der Waals surface area contributed by atoms with Crippen LogP contribution in [0.15, 0.2) is 36.7 Å². The molecule has 9 nitrogen and oxygen atoms in total. The molecular formula is C25H29N7O2. The van der Waals surface area contributed by atoms with E-state index >= 15 is 0 Å². The molecule has 0 radical (unpaired) electrons. The van der Waals surface area contributed by atoms with Gasteiger partial charge in [-0.1, -0.05) is 0 Å². The van der Waals surface area contributed by atoms with Crippen molar-refractivity contribution in [1.82, 2.24) is 19.7 Å². The summed E-state index contributed by atoms with van der Waals surface area (Å²) in [5.74, 6) is 0.776. The maximum Gasteiger partial charge on any atom is 0.271 e. The highest BCUT2D eigenvalue weighted by Crippen LogP contribution is 2.54. The van der Waals surface area contributed by atoms with Gasteiger partial charge in [-0.2, -0.15) is 5.10 Å². The van der Waals surface area contributed by atoms with Gasteiger partial charge in [-0.3, -0.25) is 10.1 Å². The summed E-state index contributed by atoms with van der Waals surface area (Å²) < 4.78 is 1.82. The normalized spacial score (nSPS) is 19.1. The zero-order chi connectivity index (χ0) is 23.3. The Bertz CT molecular complexity index is 1230. The topological polar surface area (TPSA) is 93.2 Å². The minimum absolute atomic E-state index is 0.111. The van der Waals surface area contributed by atoms with E-state index in [1.807, 2.05) is 36.1 Å². The summed E-state index contributed by atoms with van der Waals surface area (Å²) >= 11 is 0. The number of aryl methyl sites for hydroxylation is 1. The zero-order valence-corrected chi connectivity index (χ0v) is 19.5. The van der Waals surface area contributed by atoms with Crippen LogP contribution in [0.5, 0.6) is 0 Å². The Morgan fingerprint density at radius 2 is 1.71 bits per heavy atom. The van der Waals surface area contributed by atoms with E-state index in [1.54, 1.807) is 12.1 Å². The fourth-order valence-corrected chi connectivity index (χ4v) is 5.32. The average molecular weight is 460 g/mol. The number of benzene rings is 1. The molecule has 3 fully saturated rings. The van der Waals surface area contributed by atoms with Crippen molar-refractivity contribution in [2.75, 3.05) is 36.0 Å². The van der Waals surface area contributed by atoms with E-state index < -0.39 is 0 Å². The molecule has 1 saturated carbocycles. The summed E-state index contributed by atoms with van der Waals surface area (Å²) in [5, 5.41) is 16.1. The Morgan fingerprint density at radius 3 is 2.41 bits per heavy atom. The van der Waals surface area contributed by atoms with Crippen LogP contribution in [0.2, 0.25) is 0 Å². The van der Waals surface area contributed by atoms with E-state index in [0.717, 1.165) is 73.3 Å². The van der Waals surface area contributed by atoms with Crippen molar-refractivity contribution in [3.8, 4) is 16.9 Å². The number of nitrogens with zero attached hydrogens (tertiary/aromatic N) is 7. The number of nitro benzene ring substituents is 1. The molecule has 3 aromatic rings. The van der Waals surface area contributed by atoms with Crippen molar-refractivity contribution < 1.29 is 4.92 Å². The third-order valence-corrected chi connectivity index (χ3v) is 7.65. The second-order valence-electron chi connectivity index (χ2n) is 9.98. The van der Waals surface area contributed by atoms with Gasteiger partial charge < -0.3 is 9.80 Å². The molecule has 1 aromatic carbocycles. The summed E-state index contributed by atoms with van der Waals surface area (Å²) in [6.45, 7) is 5.82. The molecule has 0 bridgehead atoms. The summed E-state index contributed by atoms with van der Waals surface area (Å²) in [4.78, 5) is 25.2. The summed E-state index contributed by atoms with van der Waals surface area (Å²) in [6.07, 6.45) is 11.1. The number of anilines is 2. The highest BCUT2D eigenvalue weighted by atomic mass is 16.6. The molecule has 9 heteroatoms. The van der Waals surface area contributed by atoms with Crippen molar-refractivity contribution >= 4 is 17.3 Å². The van der Waals surface area contributed by atoms with E-state index in [-0.39, 0.29) is 10.6 Å². The van der Waals surface area contributed by atoms with Crippen molar-refractivity contribution in [3.63, 3.8) is 0 Å². The molecule has 1 spiro atoms. The van der Waals surface area contributed by atoms with Crippen molar-refractivity contribution in [1.29, 1.82) is 0 Å². The molecule has 3 aliphatic rings. The van der Waals surface area contributed by atoms with Crippen LogP contribution in [-0.2, 0) is 0 Å². The molecule has 176 valence electrons. The SMILES string of the molecule is Cc1cc(-c2cnn(-c3ccc([N+](=O)[O-])cc3N3CCC4(CC3)CC4)c2)nc(N2CCCC2)n1. The maximum absolute atomic E-state index is 11.5. The Labute approximate surface area is 198 Å². The van der Waals surface area contributed by atoms with Gasteiger partial charge >= 0.3 is 0 Å². The zero-order valence-electron chi connectivity index (χ0n) is 19.5. The quantitative estimate of drug-likeness (QED) is 0.409. The van der Waals surface area contributed by atoms with E-state index in [1.165, 1.54) is 25.7 Å². The monoisotopic (exact) mass is 459 g/mol. The third-order valence-electron chi connectivity index (χ3n) is 7.65. The Morgan fingerprint density at radius 1 is 0.941 bits per heavy atom. The molecule has 0 atom stereocenters.